The molecule has 0 amide bonds. The Bertz CT molecular complexity index is 412. The molecule has 0 aliphatic carbocycles. The van der Waals surface area contributed by atoms with Gasteiger partial charge >= 0.3 is 12.1 Å². The molecular weight excluding hydrogens is 233 g/mol. The summed E-state index contributed by atoms with van der Waals surface area (Å²) in [5.41, 5.74) is -2.80. The van der Waals surface area contributed by atoms with Gasteiger partial charge in [-0.05, 0) is 6.92 Å². The maximum atomic E-state index is 13.0. The lowest BCUT2D eigenvalue weighted by molar-refractivity contribution is -0.267. The van der Waals surface area contributed by atoms with E-state index in [0.29, 0.717) is 6.08 Å². The van der Waals surface area contributed by atoms with Crippen molar-refractivity contribution in [2.45, 2.75) is 18.7 Å². The molecule has 0 aromatic heterocycles. The van der Waals surface area contributed by atoms with Gasteiger partial charge in [0, 0.05) is 11.6 Å². The first-order valence-electron chi connectivity index (χ1n) is 4.79. The van der Waals surface area contributed by atoms with E-state index in [1.54, 1.807) is 6.07 Å². The molecule has 92 valence electrons. The molecule has 1 rings (SSSR count). The highest BCUT2D eigenvalue weighted by Gasteiger charge is 2.55. The van der Waals surface area contributed by atoms with Gasteiger partial charge in [-0.1, -0.05) is 36.9 Å². The summed E-state index contributed by atoms with van der Waals surface area (Å²) >= 11 is 0. The number of hydrogen-bond donors (Lipinski definition) is 0. The van der Waals surface area contributed by atoms with Gasteiger partial charge in [-0.25, -0.2) is 4.79 Å². The summed E-state index contributed by atoms with van der Waals surface area (Å²) in [6.07, 6.45) is -4.00. The molecule has 1 aromatic carbocycles. The van der Waals surface area contributed by atoms with E-state index in [1.807, 2.05) is 0 Å². The van der Waals surface area contributed by atoms with Gasteiger partial charge < -0.3 is 4.74 Å². The standard InChI is InChI=1S/C12H11F3O2/c1-3-10(16)17-11(2,12(13,14)15)9-7-5-4-6-8-9/h3-8H,1H2,2H3. The minimum Gasteiger partial charge on any atom is -0.442 e. The van der Waals surface area contributed by atoms with Crippen LogP contribution in [-0.2, 0) is 15.1 Å². The molecule has 1 unspecified atom stereocenters. The first kappa shape index (κ1) is 13.3. The number of carbonyl (C=O) groups is 1. The molecule has 2 nitrogen and oxygen atoms in total. The van der Waals surface area contributed by atoms with Gasteiger partial charge in [0.1, 0.15) is 0 Å². The van der Waals surface area contributed by atoms with Crippen molar-refractivity contribution in [2.75, 3.05) is 0 Å². The Hall–Kier alpha value is -1.78. The fourth-order valence-corrected chi connectivity index (χ4v) is 1.28. The van der Waals surface area contributed by atoms with Crippen LogP contribution in [0.5, 0.6) is 0 Å². The second-order valence-corrected chi connectivity index (χ2v) is 3.52. The zero-order chi connectivity index (χ0) is 13.1. The van der Waals surface area contributed by atoms with E-state index < -0.39 is 17.7 Å². The predicted octanol–water partition coefficient (Wildman–Crippen LogP) is 3.19. The zero-order valence-corrected chi connectivity index (χ0v) is 9.12. The van der Waals surface area contributed by atoms with Crippen LogP contribution in [0, 0.1) is 0 Å². The lowest BCUT2D eigenvalue weighted by Gasteiger charge is -2.31. The third-order valence-corrected chi connectivity index (χ3v) is 2.34. The average molecular weight is 244 g/mol. The normalized spacial score (nSPS) is 14.8. The van der Waals surface area contributed by atoms with Crippen molar-refractivity contribution in [1.29, 1.82) is 0 Å². The Kier molecular flexibility index (Phi) is 3.60. The van der Waals surface area contributed by atoms with Crippen molar-refractivity contribution < 1.29 is 22.7 Å². The number of alkyl halides is 3. The molecule has 0 fully saturated rings. The molecule has 0 saturated heterocycles. The van der Waals surface area contributed by atoms with Crippen molar-refractivity contribution in [2.24, 2.45) is 0 Å². The van der Waals surface area contributed by atoms with Crippen LogP contribution in [0.25, 0.3) is 0 Å². The second-order valence-electron chi connectivity index (χ2n) is 3.52. The lowest BCUT2D eigenvalue weighted by atomic mass is 9.95. The minimum atomic E-state index is -4.70. The third kappa shape index (κ3) is 2.67. The van der Waals surface area contributed by atoms with Crippen LogP contribution in [0.2, 0.25) is 0 Å². The number of halogens is 3. The molecule has 0 saturated carbocycles. The quantitative estimate of drug-likeness (QED) is 0.603. The molecule has 0 aliphatic rings. The highest BCUT2D eigenvalue weighted by Crippen LogP contribution is 2.41. The predicted molar refractivity (Wildman–Crippen MR) is 56.1 cm³/mol. The molecule has 0 radical (unpaired) electrons. The summed E-state index contributed by atoms with van der Waals surface area (Å²) in [5.74, 6) is -1.12. The van der Waals surface area contributed by atoms with Crippen LogP contribution in [0.4, 0.5) is 13.2 Å². The van der Waals surface area contributed by atoms with Gasteiger partial charge in [-0.3, -0.25) is 0 Å². The first-order chi connectivity index (χ1) is 7.81. The fraction of sp³-hybridized carbons (Fsp3) is 0.250. The van der Waals surface area contributed by atoms with Gasteiger partial charge in [0.05, 0.1) is 0 Å². The summed E-state index contributed by atoms with van der Waals surface area (Å²) in [6.45, 7) is 3.89. The minimum absolute atomic E-state index is 0.136. The summed E-state index contributed by atoms with van der Waals surface area (Å²) < 4.78 is 43.4. The Morgan fingerprint density at radius 2 is 1.82 bits per heavy atom. The van der Waals surface area contributed by atoms with Gasteiger partial charge in [0.25, 0.3) is 0 Å². The SMILES string of the molecule is C=CC(=O)OC(C)(c1ccccc1)C(F)(F)F. The van der Waals surface area contributed by atoms with Crippen molar-refractivity contribution in [1.82, 2.24) is 0 Å². The van der Waals surface area contributed by atoms with E-state index in [1.165, 1.54) is 24.3 Å². The number of esters is 1. The molecule has 1 aromatic rings. The smallest absolute Gasteiger partial charge is 0.432 e. The van der Waals surface area contributed by atoms with E-state index >= 15 is 0 Å². The highest BCUT2D eigenvalue weighted by atomic mass is 19.4. The summed E-state index contributed by atoms with van der Waals surface area (Å²) in [5, 5.41) is 0. The maximum absolute atomic E-state index is 13.0. The molecule has 5 heteroatoms. The fourth-order valence-electron chi connectivity index (χ4n) is 1.28. The van der Waals surface area contributed by atoms with Gasteiger partial charge in [0.2, 0.25) is 5.60 Å². The Labute approximate surface area is 96.7 Å². The number of rotatable bonds is 3. The van der Waals surface area contributed by atoms with Gasteiger partial charge in [-0.2, -0.15) is 13.2 Å². The highest BCUT2D eigenvalue weighted by molar-refractivity contribution is 5.81. The van der Waals surface area contributed by atoms with Crippen molar-refractivity contribution in [3.05, 3.63) is 48.6 Å². The lowest BCUT2D eigenvalue weighted by Crippen LogP contribution is -2.43. The van der Waals surface area contributed by atoms with E-state index in [0.717, 1.165) is 6.92 Å². The second kappa shape index (κ2) is 4.61. The summed E-state index contributed by atoms with van der Waals surface area (Å²) in [6, 6.07) is 6.98. The van der Waals surface area contributed by atoms with Crippen LogP contribution < -0.4 is 0 Å². The zero-order valence-electron chi connectivity index (χ0n) is 9.12. The van der Waals surface area contributed by atoms with Crippen LogP contribution >= 0.6 is 0 Å². The number of ether oxygens (including phenoxy) is 1. The monoisotopic (exact) mass is 244 g/mol. The van der Waals surface area contributed by atoms with Crippen LogP contribution in [-0.4, -0.2) is 12.1 Å². The molecule has 1 atom stereocenters. The average Bonchev–Trinajstić information content (AvgIpc) is 2.28. The number of benzene rings is 1. The van der Waals surface area contributed by atoms with Crippen molar-refractivity contribution in [3.8, 4) is 0 Å². The van der Waals surface area contributed by atoms with Crippen LogP contribution in [0.15, 0.2) is 43.0 Å². The van der Waals surface area contributed by atoms with E-state index in [4.69, 9.17) is 0 Å². The van der Waals surface area contributed by atoms with Gasteiger partial charge in [-0.15, -0.1) is 0 Å². The molecule has 0 bridgehead atoms. The van der Waals surface area contributed by atoms with Crippen molar-refractivity contribution in [3.63, 3.8) is 0 Å². The number of hydrogen-bond acceptors (Lipinski definition) is 2. The molecule has 0 N–H and O–H groups in total. The Morgan fingerprint density at radius 3 is 2.24 bits per heavy atom. The molecule has 0 aliphatic heterocycles. The van der Waals surface area contributed by atoms with Crippen molar-refractivity contribution >= 4 is 5.97 Å². The summed E-state index contributed by atoms with van der Waals surface area (Å²) in [7, 11) is 0. The maximum Gasteiger partial charge on any atom is 0.432 e. The largest absolute Gasteiger partial charge is 0.442 e. The molecular formula is C12H11F3O2. The van der Waals surface area contributed by atoms with E-state index in [2.05, 4.69) is 11.3 Å². The van der Waals surface area contributed by atoms with Crippen LogP contribution in [0.1, 0.15) is 12.5 Å². The molecule has 0 spiro atoms. The van der Waals surface area contributed by atoms with Gasteiger partial charge in [0.15, 0.2) is 0 Å². The van der Waals surface area contributed by atoms with Crippen LogP contribution in [0.3, 0.4) is 0 Å². The number of carbonyl (C=O) groups excluding carboxylic acids is 1. The molecule has 0 heterocycles. The topological polar surface area (TPSA) is 26.3 Å². The first-order valence-corrected chi connectivity index (χ1v) is 4.79. The van der Waals surface area contributed by atoms with E-state index in [-0.39, 0.29) is 5.56 Å². The Morgan fingerprint density at radius 1 is 1.29 bits per heavy atom. The van der Waals surface area contributed by atoms with E-state index in [9.17, 15) is 18.0 Å². The Balaban J connectivity index is 3.21. The summed E-state index contributed by atoms with van der Waals surface area (Å²) in [4.78, 5) is 11.0. The third-order valence-electron chi connectivity index (χ3n) is 2.34. The molecule has 17 heavy (non-hydrogen) atoms.